The van der Waals surface area contributed by atoms with Gasteiger partial charge in [-0.3, -0.25) is 0 Å². The van der Waals surface area contributed by atoms with Crippen LogP contribution in [0, 0.1) is 6.92 Å². The minimum atomic E-state index is 1.05. The van der Waals surface area contributed by atoms with Crippen molar-refractivity contribution in [3.05, 3.63) is 55.5 Å². The molecule has 0 amide bonds. The molecule has 0 aromatic heterocycles. The SMILES string of the molecule is [CH2]CCCCCC/C=C/C/C=C/C/C=C/C/C=C/CC. The first kappa shape index (κ1) is 19.0. The van der Waals surface area contributed by atoms with Gasteiger partial charge in [0.2, 0.25) is 0 Å². The molecule has 0 rings (SSSR count). The van der Waals surface area contributed by atoms with Gasteiger partial charge in [-0.15, -0.1) is 0 Å². The van der Waals surface area contributed by atoms with Crippen molar-refractivity contribution in [3.63, 3.8) is 0 Å². The fraction of sp³-hybridized carbons (Fsp3) is 0.550. The molecule has 0 spiro atoms. The Hall–Kier alpha value is -1.04. The molecule has 0 N–H and O–H groups in total. The predicted octanol–water partition coefficient (Wildman–Crippen LogP) is 6.97. The first-order chi connectivity index (χ1) is 9.91. The molecular weight excluding hydrogens is 240 g/mol. The van der Waals surface area contributed by atoms with Gasteiger partial charge < -0.3 is 0 Å². The maximum Gasteiger partial charge on any atom is -0.0169 e. The Bertz CT molecular complexity index is 278. The Kier molecular flexibility index (Phi) is 17.0. The molecule has 0 bridgehead atoms. The van der Waals surface area contributed by atoms with Crippen molar-refractivity contribution in [2.45, 2.75) is 71.1 Å². The molecule has 0 saturated heterocycles. The van der Waals surface area contributed by atoms with E-state index in [1.165, 1.54) is 32.1 Å². The molecule has 0 aliphatic heterocycles. The van der Waals surface area contributed by atoms with E-state index in [-0.39, 0.29) is 0 Å². The second kappa shape index (κ2) is 18.0. The van der Waals surface area contributed by atoms with Crippen LogP contribution in [-0.2, 0) is 0 Å². The summed E-state index contributed by atoms with van der Waals surface area (Å²) in [6.45, 7) is 6.03. The van der Waals surface area contributed by atoms with E-state index in [0.29, 0.717) is 0 Å². The van der Waals surface area contributed by atoms with Crippen molar-refractivity contribution in [2.75, 3.05) is 0 Å². The highest BCUT2D eigenvalue weighted by molar-refractivity contribution is 4.99. The third kappa shape index (κ3) is 17.0. The number of rotatable bonds is 13. The molecule has 0 atom stereocenters. The lowest BCUT2D eigenvalue weighted by molar-refractivity contribution is 0.651. The molecule has 0 aromatic rings. The normalized spacial score (nSPS) is 12.7. The Morgan fingerprint density at radius 3 is 1.65 bits per heavy atom. The first-order valence-corrected chi connectivity index (χ1v) is 8.31. The van der Waals surface area contributed by atoms with Crippen LogP contribution < -0.4 is 0 Å². The van der Waals surface area contributed by atoms with E-state index in [2.05, 4.69) is 62.5 Å². The van der Waals surface area contributed by atoms with E-state index < -0.39 is 0 Å². The summed E-state index contributed by atoms with van der Waals surface area (Å²) in [5, 5.41) is 0. The van der Waals surface area contributed by atoms with Crippen molar-refractivity contribution in [3.8, 4) is 0 Å². The standard InChI is InChI=1S/C20H33/c1-3-5-7-9-11-13-15-17-19-20-18-16-14-12-10-8-6-4-2/h6,8,12,14-15,17-18,20H,1,3-5,7,9-11,13,16,19H2,2H3/b8-6+,14-12+,17-15+,20-18+. The molecule has 0 saturated carbocycles. The van der Waals surface area contributed by atoms with Gasteiger partial charge in [-0.2, -0.15) is 0 Å². The summed E-state index contributed by atoms with van der Waals surface area (Å²) in [5.74, 6) is 0. The van der Waals surface area contributed by atoms with Gasteiger partial charge >= 0.3 is 0 Å². The summed E-state index contributed by atoms with van der Waals surface area (Å²) in [7, 11) is 0. The topological polar surface area (TPSA) is 0 Å². The summed E-state index contributed by atoms with van der Waals surface area (Å²) in [5.41, 5.74) is 0. The van der Waals surface area contributed by atoms with Crippen LogP contribution in [-0.4, -0.2) is 0 Å². The zero-order valence-electron chi connectivity index (χ0n) is 13.4. The molecule has 0 aliphatic rings. The number of allylic oxidation sites excluding steroid dienone is 8. The van der Waals surface area contributed by atoms with Crippen molar-refractivity contribution in [2.24, 2.45) is 0 Å². The van der Waals surface area contributed by atoms with Gasteiger partial charge in [0, 0.05) is 0 Å². The van der Waals surface area contributed by atoms with Crippen LogP contribution in [0.5, 0.6) is 0 Å². The molecule has 0 aromatic carbocycles. The van der Waals surface area contributed by atoms with Crippen LogP contribution in [0.3, 0.4) is 0 Å². The van der Waals surface area contributed by atoms with Crippen molar-refractivity contribution >= 4 is 0 Å². The van der Waals surface area contributed by atoms with Crippen LogP contribution in [0.15, 0.2) is 48.6 Å². The van der Waals surface area contributed by atoms with E-state index in [4.69, 9.17) is 0 Å². The van der Waals surface area contributed by atoms with Gasteiger partial charge in [0.1, 0.15) is 0 Å². The lowest BCUT2D eigenvalue weighted by Crippen LogP contribution is -1.75. The number of hydrogen-bond acceptors (Lipinski definition) is 0. The van der Waals surface area contributed by atoms with Gasteiger partial charge in [0.05, 0.1) is 0 Å². The highest BCUT2D eigenvalue weighted by atomic mass is 13.9. The van der Waals surface area contributed by atoms with Gasteiger partial charge in [-0.25, -0.2) is 0 Å². The maximum absolute atomic E-state index is 3.86. The second-order valence-electron chi connectivity index (χ2n) is 5.06. The lowest BCUT2D eigenvalue weighted by Gasteiger charge is -1.95. The Balaban J connectivity index is 3.32. The van der Waals surface area contributed by atoms with Crippen LogP contribution in [0.1, 0.15) is 71.1 Å². The molecule has 0 fully saturated rings. The Morgan fingerprint density at radius 1 is 0.600 bits per heavy atom. The number of unbranched alkanes of at least 4 members (excludes halogenated alkanes) is 5. The predicted molar refractivity (Wildman–Crippen MR) is 93.8 cm³/mol. The van der Waals surface area contributed by atoms with E-state index in [0.717, 1.165) is 32.1 Å². The molecule has 0 unspecified atom stereocenters. The van der Waals surface area contributed by atoms with Crippen LogP contribution in [0.2, 0.25) is 0 Å². The highest BCUT2D eigenvalue weighted by Crippen LogP contribution is 2.05. The average Bonchev–Trinajstić information content (AvgIpc) is 2.47. The third-order valence-corrected chi connectivity index (χ3v) is 3.09. The van der Waals surface area contributed by atoms with E-state index >= 15 is 0 Å². The van der Waals surface area contributed by atoms with E-state index in [1.807, 2.05) is 0 Å². The van der Waals surface area contributed by atoms with Gasteiger partial charge in [0.25, 0.3) is 0 Å². The van der Waals surface area contributed by atoms with Gasteiger partial charge in [0.15, 0.2) is 0 Å². The summed E-state index contributed by atoms with van der Waals surface area (Å²) in [6.07, 6.45) is 30.0. The van der Waals surface area contributed by atoms with Gasteiger partial charge in [-0.1, -0.05) is 88.1 Å². The van der Waals surface area contributed by atoms with Crippen molar-refractivity contribution in [1.29, 1.82) is 0 Å². The van der Waals surface area contributed by atoms with Crippen LogP contribution in [0.25, 0.3) is 0 Å². The van der Waals surface area contributed by atoms with Gasteiger partial charge in [-0.05, 0) is 38.5 Å². The molecule has 0 nitrogen and oxygen atoms in total. The molecule has 20 heavy (non-hydrogen) atoms. The summed E-state index contributed by atoms with van der Waals surface area (Å²) in [6, 6.07) is 0. The smallest absolute Gasteiger partial charge is 0.0169 e. The lowest BCUT2D eigenvalue weighted by atomic mass is 10.1. The Labute approximate surface area is 127 Å². The molecular formula is C20H33. The average molecular weight is 273 g/mol. The monoisotopic (exact) mass is 273 g/mol. The van der Waals surface area contributed by atoms with Crippen molar-refractivity contribution in [1.82, 2.24) is 0 Å². The second-order valence-corrected chi connectivity index (χ2v) is 5.06. The van der Waals surface area contributed by atoms with E-state index in [9.17, 15) is 0 Å². The van der Waals surface area contributed by atoms with Crippen LogP contribution in [0.4, 0.5) is 0 Å². The molecule has 0 heterocycles. The molecule has 0 heteroatoms. The molecule has 113 valence electrons. The fourth-order valence-corrected chi connectivity index (χ4v) is 1.89. The quantitative estimate of drug-likeness (QED) is 0.251. The minimum absolute atomic E-state index is 1.05. The van der Waals surface area contributed by atoms with E-state index in [1.54, 1.807) is 0 Å². The summed E-state index contributed by atoms with van der Waals surface area (Å²) < 4.78 is 0. The summed E-state index contributed by atoms with van der Waals surface area (Å²) in [4.78, 5) is 0. The zero-order chi connectivity index (χ0) is 14.7. The number of hydrogen-bond donors (Lipinski definition) is 0. The molecule has 1 radical (unpaired) electrons. The minimum Gasteiger partial charge on any atom is -0.0885 e. The highest BCUT2D eigenvalue weighted by Gasteiger charge is 1.85. The summed E-state index contributed by atoms with van der Waals surface area (Å²) >= 11 is 0. The zero-order valence-corrected chi connectivity index (χ0v) is 13.4. The molecule has 0 aliphatic carbocycles. The third-order valence-electron chi connectivity index (χ3n) is 3.09. The van der Waals surface area contributed by atoms with Crippen molar-refractivity contribution < 1.29 is 0 Å². The maximum atomic E-state index is 3.86. The largest absolute Gasteiger partial charge is 0.0885 e. The first-order valence-electron chi connectivity index (χ1n) is 8.31. The Morgan fingerprint density at radius 2 is 1.10 bits per heavy atom. The van der Waals surface area contributed by atoms with Crippen LogP contribution >= 0.6 is 0 Å². The fourth-order valence-electron chi connectivity index (χ4n) is 1.89.